The van der Waals surface area contributed by atoms with Gasteiger partial charge in [0.25, 0.3) is 0 Å². The van der Waals surface area contributed by atoms with E-state index in [-0.39, 0.29) is 11.8 Å². The van der Waals surface area contributed by atoms with Crippen LogP contribution in [0.15, 0.2) is 24.4 Å². The monoisotopic (exact) mass is 331 g/mol. The SMILES string of the molecule is CCCNC(=O)C1CCN(c2nnc(-c3ccccn3)s2)CC1. The molecule has 0 aromatic carbocycles. The van der Waals surface area contributed by atoms with E-state index in [1.807, 2.05) is 18.2 Å². The summed E-state index contributed by atoms with van der Waals surface area (Å²) in [6, 6.07) is 5.78. The topological polar surface area (TPSA) is 71.0 Å². The van der Waals surface area contributed by atoms with Crippen LogP contribution >= 0.6 is 11.3 Å². The van der Waals surface area contributed by atoms with Crippen molar-refractivity contribution in [1.29, 1.82) is 0 Å². The molecule has 0 radical (unpaired) electrons. The van der Waals surface area contributed by atoms with Crippen LogP contribution in [0.3, 0.4) is 0 Å². The molecule has 3 rings (SSSR count). The van der Waals surface area contributed by atoms with Gasteiger partial charge in [0.05, 0.1) is 0 Å². The van der Waals surface area contributed by atoms with Crippen LogP contribution in [-0.4, -0.2) is 40.7 Å². The first-order chi connectivity index (χ1) is 11.3. The molecular formula is C16H21N5OS. The number of rotatable bonds is 5. The van der Waals surface area contributed by atoms with Crippen LogP contribution in [-0.2, 0) is 4.79 Å². The van der Waals surface area contributed by atoms with Gasteiger partial charge in [0.2, 0.25) is 11.0 Å². The van der Waals surface area contributed by atoms with Crippen molar-refractivity contribution in [3.63, 3.8) is 0 Å². The molecule has 0 aliphatic carbocycles. The summed E-state index contributed by atoms with van der Waals surface area (Å²) < 4.78 is 0. The normalized spacial score (nSPS) is 15.6. The highest BCUT2D eigenvalue weighted by Gasteiger charge is 2.26. The lowest BCUT2D eigenvalue weighted by molar-refractivity contribution is -0.125. The minimum Gasteiger partial charge on any atom is -0.356 e. The molecule has 0 unspecified atom stereocenters. The molecule has 1 N–H and O–H groups in total. The standard InChI is InChI=1S/C16H21N5OS/c1-2-8-18-14(22)12-6-10-21(11-7-12)16-20-19-15(23-16)13-5-3-4-9-17-13/h3-5,9,12H,2,6-8,10-11H2,1H3,(H,18,22). The van der Waals surface area contributed by atoms with Gasteiger partial charge in [-0.25, -0.2) is 0 Å². The zero-order chi connectivity index (χ0) is 16.1. The van der Waals surface area contributed by atoms with E-state index in [4.69, 9.17) is 0 Å². The van der Waals surface area contributed by atoms with E-state index in [0.29, 0.717) is 0 Å². The van der Waals surface area contributed by atoms with Crippen molar-refractivity contribution < 1.29 is 4.79 Å². The predicted octanol–water partition coefficient (Wildman–Crippen LogP) is 2.34. The quantitative estimate of drug-likeness (QED) is 0.910. The molecule has 23 heavy (non-hydrogen) atoms. The molecule has 1 aliphatic heterocycles. The lowest BCUT2D eigenvalue weighted by atomic mass is 9.96. The number of nitrogens with one attached hydrogen (secondary N) is 1. The molecule has 7 heteroatoms. The van der Waals surface area contributed by atoms with E-state index in [1.54, 1.807) is 17.5 Å². The number of aromatic nitrogens is 3. The number of amides is 1. The number of carbonyl (C=O) groups is 1. The number of anilines is 1. The van der Waals surface area contributed by atoms with Gasteiger partial charge in [0.1, 0.15) is 5.69 Å². The number of nitrogens with zero attached hydrogens (tertiary/aromatic N) is 4. The van der Waals surface area contributed by atoms with Crippen molar-refractivity contribution in [3.05, 3.63) is 24.4 Å². The van der Waals surface area contributed by atoms with Crippen LogP contribution in [0.25, 0.3) is 10.7 Å². The number of pyridine rings is 1. The summed E-state index contributed by atoms with van der Waals surface area (Å²) in [6.07, 6.45) is 4.48. The van der Waals surface area contributed by atoms with Crippen LogP contribution in [0.4, 0.5) is 5.13 Å². The molecule has 122 valence electrons. The number of hydrogen-bond acceptors (Lipinski definition) is 6. The maximum Gasteiger partial charge on any atom is 0.223 e. The summed E-state index contributed by atoms with van der Waals surface area (Å²) in [5, 5.41) is 13.3. The predicted molar refractivity (Wildman–Crippen MR) is 91.4 cm³/mol. The molecule has 1 aliphatic rings. The van der Waals surface area contributed by atoms with Crippen LogP contribution in [0, 0.1) is 5.92 Å². The molecule has 1 amide bonds. The Hall–Kier alpha value is -2.02. The van der Waals surface area contributed by atoms with Gasteiger partial charge in [-0.2, -0.15) is 0 Å². The first-order valence-corrected chi connectivity index (χ1v) is 8.87. The summed E-state index contributed by atoms with van der Waals surface area (Å²) in [6.45, 7) is 4.53. The van der Waals surface area contributed by atoms with Gasteiger partial charge in [-0.15, -0.1) is 10.2 Å². The average Bonchev–Trinajstić information content (AvgIpc) is 3.11. The summed E-state index contributed by atoms with van der Waals surface area (Å²) in [7, 11) is 0. The molecular weight excluding hydrogens is 310 g/mol. The zero-order valence-corrected chi connectivity index (χ0v) is 14.1. The van der Waals surface area contributed by atoms with Gasteiger partial charge in [0, 0.05) is 31.7 Å². The van der Waals surface area contributed by atoms with Crippen LogP contribution < -0.4 is 10.2 Å². The van der Waals surface area contributed by atoms with Gasteiger partial charge in [-0.1, -0.05) is 24.3 Å². The van der Waals surface area contributed by atoms with Crippen LogP contribution in [0.1, 0.15) is 26.2 Å². The molecule has 0 atom stereocenters. The molecule has 0 bridgehead atoms. The average molecular weight is 331 g/mol. The van der Waals surface area contributed by atoms with Gasteiger partial charge in [-0.05, 0) is 31.4 Å². The van der Waals surface area contributed by atoms with E-state index in [1.165, 1.54) is 0 Å². The number of carbonyl (C=O) groups excluding carboxylic acids is 1. The Morgan fingerprint density at radius 3 is 2.87 bits per heavy atom. The Kier molecular flexibility index (Phi) is 5.17. The lowest BCUT2D eigenvalue weighted by Crippen LogP contribution is -2.40. The molecule has 0 spiro atoms. The third-order valence-corrected chi connectivity index (χ3v) is 4.99. The van der Waals surface area contributed by atoms with Crippen molar-refractivity contribution in [2.45, 2.75) is 26.2 Å². The highest BCUT2D eigenvalue weighted by molar-refractivity contribution is 7.18. The molecule has 1 saturated heterocycles. The van der Waals surface area contributed by atoms with Crippen LogP contribution in [0.2, 0.25) is 0 Å². The fourth-order valence-electron chi connectivity index (χ4n) is 2.66. The van der Waals surface area contributed by atoms with Gasteiger partial charge < -0.3 is 10.2 Å². The number of hydrogen-bond donors (Lipinski definition) is 1. The first kappa shape index (κ1) is 15.9. The minimum atomic E-state index is 0.126. The van der Waals surface area contributed by atoms with Gasteiger partial charge in [0.15, 0.2) is 5.01 Å². The summed E-state index contributed by atoms with van der Waals surface area (Å²) in [5.41, 5.74) is 0.852. The van der Waals surface area contributed by atoms with Gasteiger partial charge in [-0.3, -0.25) is 9.78 Å². The van der Waals surface area contributed by atoms with Crippen LogP contribution in [0.5, 0.6) is 0 Å². The molecule has 6 nitrogen and oxygen atoms in total. The van der Waals surface area contributed by atoms with E-state index in [2.05, 4.69) is 32.3 Å². The smallest absolute Gasteiger partial charge is 0.223 e. The maximum absolute atomic E-state index is 12.0. The second kappa shape index (κ2) is 7.50. The molecule has 2 aromatic rings. The zero-order valence-electron chi connectivity index (χ0n) is 13.2. The summed E-state index contributed by atoms with van der Waals surface area (Å²) >= 11 is 1.56. The largest absolute Gasteiger partial charge is 0.356 e. The Labute approximate surface area is 140 Å². The Balaban J connectivity index is 1.58. The fourth-order valence-corrected chi connectivity index (χ4v) is 3.53. The fraction of sp³-hybridized carbons (Fsp3) is 0.500. The number of piperidine rings is 1. The Morgan fingerprint density at radius 2 is 2.17 bits per heavy atom. The molecule has 3 heterocycles. The highest BCUT2D eigenvalue weighted by atomic mass is 32.1. The van der Waals surface area contributed by atoms with Crippen molar-refractivity contribution in [1.82, 2.24) is 20.5 Å². The van der Waals surface area contributed by atoms with E-state index < -0.39 is 0 Å². The van der Waals surface area contributed by atoms with Crippen molar-refractivity contribution >= 4 is 22.4 Å². The Bertz CT molecular complexity index is 637. The van der Waals surface area contributed by atoms with E-state index in [9.17, 15) is 4.79 Å². The summed E-state index contributed by atoms with van der Waals surface area (Å²) in [5.74, 6) is 0.318. The molecule has 0 saturated carbocycles. The third-order valence-electron chi connectivity index (χ3n) is 3.98. The molecule has 1 fully saturated rings. The van der Waals surface area contributed by atoms with Crippen molar-refractivity contribution in [2.75, 3.05) is 24.5 Å². The summed E-state index contributed by atoms with van der Waals surface area (Å²) in [4.78, 5) is 18.5. The van der Waals surface area contributed by atoms with Gasteiger partial charge >= 0.3 is 0 Å². The Morgan fingerprint density at radius 1 is 1.35 bits per heavy atom. The van der Waals surface area contributed by atoms with E-state index in [0.717, 1.165) is 54.7 Å². The first-order valence-electron chi connectivity index (χ1n) is 8.05. The lowest BCUT2D eigenvalue weighted by Gasteiger charge is -2.30. The third kappa shape index (κ3) is 3.85. The van der Waals surface area contributed by atoms with Crippen molar-refractivity contribution in [3.8, 4) is 10.7 Å². The maximum atomic E-state index is 12.0. The second-order valence-corrected chi connectivity index (χ2v) is 6.61. The minimum absolute atomic E-state index is 0.126. The second-order valence-electron chi connectivity index (χ2n) is 5.66. The van der Waals surface area contributed by atoms with Crippen molar-refractivity contribution in [2.24, 2.45) is 5.92 Å². The highest BCUT2D eigenvalue weighted by Crippen LogP contribution is 2.30. The van der Waals surface area contributed by atoms with E-state index >= 15 is 0 Å². The molecule has 2 aromatic heterocycles.